The lowest BCUT2D eigenvalue weighted by Gasteiger charge is -2.28. The maximum absolute atomic E-state index is 13.2. The standard InChI is InChI=1S/C44H47F3N6O5/c1-43(2,57)33-24-35-30(22-36(33)50-41(55)34-10-7-12-38(49-34)44(45,46)47)26-53(52-35)31-17-13-28(14-18-31)25-48-21-5-3-4-8-27-15-19-32(20-16-27)58-37-11-6-9-29-23-39(54)51-42(56)40(29)37/h6-7,9-12,15-16,19-20,22,24,26,28,31,48,57H,3-5,8,13-14,17-18,21,23,25H2,1-2H3,(H,50,55)(H,51,54,56)/t28-,31-. The first kappa shape index (κ1) is 40.6. The van der Waals surface area contributed by atoms with Gasteiger partial charge in [0.25, 0.3) is 11.8 Å². The number of rotatable bonds is 14. The average molecular weight is 797 g/mol. The molecule has 0 spiro atoms. The number of alkyl halides is 3. The number of anilines is 1. The normalized spacial score (nSPS) is 17.2. The smallest absolute Gasteiger partial charge is 0.433 e. The maximum Gasteiger partial charge on any atom is 0.433 e. The molecule has 4 N–H and O–H groups in total. The highest BCUT2D eigenvalue weighted by molar-refractivity contribution is 6.11. The van der Waals surface area contributed by atoms with Crippen molar-refractivity contribution in [2.75, 3.05) is 18.4 Å². The van der Waals surface area contributed by atoms with Crippen molar-refractivity contribution in [1.82, 2.24) is 25.4 Å². The number of carbonyl (C=O) groups excluding carboxylic acids is 3. The van der Waals surface area contributed by atoms with E-state index in [0.29, 0.717) is 39.6 Å². The highest BCUT2D eigenvalue weighted by atomic mass is 19.4. The number of aliphatic hydroxyl groups is 1. The molecule has 14 heteroatoms. The highest BCUT2D eigenvalue weighted by Gasteiger charge is 2.33. The molecule has 11 nitrogen and oxygen atoms in total. The molecule has 0 saturated heterocycles. The van der Waals surface area contributed by atoms with Crippen LogP contribution in [0.3, 0.4) is 0 Å². The van der Waals surface area contributed by atoms with Crippen molar-refractivity contribution >= 4 is 34.3 Å². The van der Waals surface area contributed by atoms with Gasteiger partial charge in [0, 0.05) is 22.8 Å². The van der Waals surface area contributed by atoms with E-state index in [1.54, 1.807) is 44.2 Å². The summed E-state index contributed by atoms with van der Waals surface area (Å²) in [5, 5.41) is 25.2. The molecule has 1 saturated carbocycles. The molecule has 0 unspecified atom stereocenters. The summed E-state index contributed by atoms with van der Waals surface area (Å²) in [6.45, 7) is 5.08. The maximum atomic E-state index is 13.2. The monoisotopic (exact) mass is 796 g/mol. The van der Waals surface area contributed by atoms with Crippen LogP contribution in [0.15, 0.2) is 79.0 Å². The summed E-state index contributed by atoms with van der Waals surface area (Å²) >= 11 is 0. The minimum absolute atomic E-state index is 0.155. The molecule has 0 radical (unpaired) electrons. The molecule has 3 heterocycles. The zero-order valence-electron chi connectivity index (χ0n) is 32.5. The topological polar surface area (TPSA) is 147 Å². The molecule has 2 aromatic heterocycles. The number of hydrogen-bond donors (Lipinski definition) is 4. The summed E-state index contributed by atoms with van der Waals surface area (Å²) in [6.07, 6.45) is 5.69. The number of imide groups is 1. The van der Waals surface area contributed by atoms with Gasteiger partial charge in [0.15, 0.2) is 0 Å². The molecule has 2 aliphatic rings. The molecule has 304 valence electrons. The fraction of sp³-hybridized carbons (Fsp3) is 0.386. The van der Waals surface area contributed by atoms with Gasteiger partial charge in [-0.15, -0.1) is 0 Å². The third kappa shape index (κ3) is 9.74. The number of benzene rings is 3. The second-order valence-corrected chi connectivity index (χ2v) is 15.8. The Morgan fingerprint density at radius 3 is 2.47 bits per heavy atom. The Morgan fingerprint density at radius 2 is 1.72 bits per heavy atom. The van der Waals surface area contributed by atoms with Gasteiger partial charge in [-0.25, -0.2) is 4.98 Å². The Balaban J connectivity index is 0.837. The third-order valence-corrected chi connectivity index (χ3v) is 10.9. The largest absolute Gasteiger partial charge is 0.457 e. The van der Waals surface area contributed by atoms with E-state index in [4.69, 9.17) is 9.84 Å². The Kier molecular flexibility index (Phi) is 12.0. The van der Waals surface area contributed by atoms with Crippen molar-refractivity contribution in [3.05, 3.63) is 113 Å². The van der Waals surface area contributed by atoms with Gasteiger partial charge in [-0.1, -0.05) is 36.8 Å². The third-order valence-electron chi connectivity index (χ3n) is 10.9. The summed E-state index contributed by atoms with van der Waals surface area (Å²) in [6, 6.07) is 20.0. The van der Waals surface area contributed by atoms with Gasteiger partial charge in [0.2, 0.25) is 5.91 Å². The Bertz CT molecular complexity index is 2290. The van der Waals surface area contributed by atoms with E-state index in [2.05, 4.69) is 20.9 Å². The SMILES string of the molecule is CC(C)(O)c1cc2nn([C@H]3CC[C@H](CNCCCCCc4ccc(Oc5cccc6c5C(=O)NC(=O)C6)cc4)CC3)cc2cc1NC(=O)c1cccc(C(F)(F)F)n1. The van der Waals surface area contributed by atoms with Crippen LogP contribution in [-0.4, -0.2) is 50.7 Å². The van der Waals surface area contributed by atoms with E-state index in [1.807, 2.05) is 35.1 Å². The number of unbranched alkanes of at least 4 members (excludes halogenated alkanes) is 2. The van der Waals surface area contributed by atoms with E-state index >= 15 is 0 Å². The zero-order valence-corrected chi connectivity index (χ0v) is 32.5. The van der Waals surface area contributed by atoms with Crippen LogP contribution in [0.4, 0.5) is 18.9 Å². The number of carbonyl (C=O) groups is 3. The minimum atomic E-state index is -4.69. The van der Waals surface area contributed by atoms with Gasteiger partial charge in [-0.2, -0.15) is 18.3 Å². The fourth-order valence-electron chi connectivity index (χ4n) is 7.79. The number of hydrogen-bond acceptors (Lipinski definition) is 8. The molecule has 1 aliphatic carbocycles. The van der Waals surface area contributed by atoms with Crippen LogP contribution in [0.1, 0.15) is 108 Å². The molecule has 0 bridgehead atoms. The first-order valence-corrected chi connectivity index (χ1v) is 19.8. The van der Waals surface area contributed by atoms with Crippen LogP contribution < -0.4 is 20.7 Å². The summed E-state index contributed by atoms with van der Waals surface area (Å²) in [5.74, 6) is 0.0893. The number of fused-ring (bicyclic) bond motifs is 2. The van der Waals surface area contributed by atoms with Crippen molar-refractivity contribution in [1.29, 1.82) is 0 Å². The van der Waals surface area contributed by atoms with E-state index in [0.717, 1.165) is 82.0 Å². The summed E-state index contributed by atoms with van der Waals surface area (Å²) in [4.78, 5) is 40.6. The lowest BCUT2D eigenvalue weighted by atomic mass is 9.86. The second kappa shape index (κ2) is 17.1. The van der Waals surface area contributed by atoms with Crippen LogP contribution in [0, 0.1) is 5.92 Å². The molecule has 5 aromatic rings. The number of aromatic nitrogens is 3. The van der Waals surface area contributed by atoms with E-state index in [-0.39, 0.29) is 29.8 Å². The van der Waals surface area contributed by atoms with E-state index in [1.165, 1.54) is 11.6 Å². The van der Waals surface area contributed by atoms with Gasteiger partial charge >= 0.3 is 6.18 Å². The van der Waals surface area contributed by atoms with Gasteiger partial charge in [-0.3, -0.25) is 24.4 Å². The number of ether oxygens (including phenoxy) is 1. The molecule has 7 rings (SSSR count). The van der Waals surface area contributed by atoms with Gasteiger partial charge < -0.3 is 20.5 Å². The zero-order chi connectivity index (χ0) is 41.0. The van der Waals surface area contributed by atoms with E-state index < -0.39 is 29.3 Å². The first-order chi connectivity index (χ1) is 27.7. The summed E-state index contributed by atoms with van der Waals surface area (Å²) in [7, 11) is 0. The highest BCUT2D eigenvalue weighted by Crippen LogP contribution is 2.36. The van der Waals surface area contributed by atoms with Crippen LogP contribution >= 0.6 is 0 Å². The second-order valence-electron chi connectivity index (χ2n) is 15.8. The number of aryl methyl sites for hydroxylation is 1. The molecular formula is C44H47F3N6O5. The van der Waals surface area contributed by atoms with Crippen LogP contribution in [0.5, 0.6) is 11.5 Å². The molecule has 1 fully saturated rings. The molecule has 3 aromatic carbocycles. The predicted molar refractivity (Wildman–Crippen MR) is 213 cm³/mol. The van der Waals surface area contributed by atoms with Crippen molar-refractivity contribution in [3.63, 3.8) is 0 Å². The Hall–Kier alpha value is -5.60. The molecule has 58 heavy (non-hydrogen) atoms. The fourth-order valence-corrected chi connectivity index (χ4v) is 7.79. The number of nitrogens with zero attached hydrogens (tertiary/aromatic N) is 3. The average Bonchev–Trinajstić information content (AvgIpc) is 3.60. The lowest BCUT2D eigenvalue weighted by molar-refractivity contribution is -0.141. The quantitative estimate of drug-likeness (QED) is 0.0649. The molecule has 1 aliphatic heterocycles. The van der Waals surface area contributed by atoms with Gasteiger partial charge in [-0.05, 0) is 131 Å². The van der Waals surface area contributed by atoms with Crippen molar-refractivity contribution < 1.29 is 37.4 Å². The lowest BCUT2D eigenvalue weighted by Crippen LogP contribution is -2.37. The van der Waals surface area contributed by atoms with Crippen molar-refractivity contribution in [2.24, 2.45) is 5.92 Å². The van der Waals surface area contributed by atoms with Crippen LogP contribution in [0.25, 0.3) is 10.9 Å². The van der Waals surface area contributed by atoms with E-state index in [9.17, 15) is 32.7 Å². The van der Waals surface area contributed by atoms with Crippen LogP contribution in [-0.2, 0) is 29.4 Å². The Morgan fingerprint density at radius 1 is 0.966 bits per heavy atom. The number of pyridine rings is 1. The predicted octanol–water partition coefficient (Wildman–Crippen LogP) is 8.27. The number of nitrogens with one attached hydrogen (secondary N) is 3. The van der Waals surface area contributed by atoms with Crippen molar-refractivity contribution in [2.45, 2.75) is 89.5 Å². The minimum Gasteiger partial charge on any atom is -0.457 e. The number of halogens is 3. The van der Waals surface area contributed by atoms with Gasteiger partial charge in [0.1, 0.15) is 22.9 Å². The Labute approximate surface area is 334 Å². The van der Waals surface area contributed by atoms with Gasteiger partial charge in [0.05, 0.1) is 29.1 Å². The molecule has 3 amide bonds. The molecular weight excluding hydrogens is 750 g/mol. The first-order valence-electron chi connectivity index (χ1n) is 19.8. The summed E-state index contributed by atoms with van der Waals surface area (Å²) < 4.78 is 47.6. The van der Waals surface area contributed by atoms with Crippen LogP contribution in [0.2, 0.25) is 0 Å². The van der Waals surface area contributed by atoms with Crippen molar-refractivity contribution in [3.8, 4) is 11.5 Å². The summed E-state index contributed by atoms with van der Waals surface area (Å²) in [5.41, 5.74) is 0.704. The number of amides is 3. The molecule has 0 atom stereocenters.